The van der Waals surface area contributed by atoms with Gasteiger partial charge in [0.2, 0.25) is 0 Å². The van der Waals surface area contributed by atoms with E-state index in [0.717, 1.165) is 10.8 Å². The van der Waals surface area contributed by atoms with Crippen molar-refractivity contribution in [1.29, 1.82) is 0 Å². The van der Waals surface area contributed by atoms with Gasteiger partial charge in [-0.2, -0.15) is 0 Å². The Morgan fingerprint density at radius 1 is 1.05 bits per heavy atom. The second-order valence-corrected chi connectivity index (χ2v) is 6.40. The minimum atomic E-state index is -3.58. The average molecular weight is 294 g/mol. The highest BCUT2D eigenvalue weighted by atomic mass is 31.2. The van der Waals surface area contributed by atoms with Crippen molar-refractivity contribution in [2.45, 2.75) is 19.7 Å². The third-order valence-electron chi connectivity index (χ3n) is 3.02. The lowest BCUT2D eigenvalue weighted by atomic mass is 10.1. The highest BCUT2D eigenvalue weighted by molar-refractivity contribution is 7.54. The Kier molecular flexibility index (Phi) is 4.95. The molecule has 0 aliphatic carbocycles. The van der Waals surface area contributed by atoms with E-state index in [9.17, 15) is 9.67 Å². The molecular formula is C15H19O4P. The zero-order chi connectivity index (χ0) is 14.6. The number of hydrogen-bond donors (Lipinski definition) is 1. The van der Waals surface area contributed by atoms with Crippen LogP contribution in [0.25, 0.3) is 10.8 Å². The smallest absolute Gasteiger partial charge is 0.363 e. The minimum Gasteiger partial charge on any atom is -0.376 e. The van der Waals surface area contributed by atoms with Gasteiger partial charge in [0.25, 0.3) is 0 Å². The number of benzene rings is 2. The molecule has 0 fully saturated rings. The van der Waals surface area contributed by atoms with Gasteiger partial charge in [-0.3, -0.25) is 4.57 Å². The van der Waals surface area contributed by atoms with Gasteiger partial charge in [0.1, 0.15) is 0 Å². The summed E-state index contributed by atoms with van der Waals surface area (Å²) < 4.78 is 23.1. The molecule has 2 aromatic carbocycles. The highest BCUT2D eigenvalue weighted by Crippen LogP contribution is 2.60. The van der Waals surface area contributed by atoms with E-state index >= 15 is 0 Å². The molecule has 0 bridgehead atoms. The third-order valence-corrected chi connectivity index (χ3v) is 5.13. The SMILES string of the molecule is CCOP(=O)(OCC)[C@@H](O)c1cccc2ccccc12. The number of aliphatic hydroxyl groups excluding tert-OH is 1. The summed E-state index contributed by atoms with van der Waals surface area (Å²) in [5, 5.41) is 12.3. The lowest BCUT2D eigenvalue weighted by Crippen LogP contribution is -2.06. The molecule has 5 heteroatoms. The maximum atomic E-state index is 12.7. The Bertz CT molecular complexity index is 611. The highest BCUT2D eigenvalue weighted by Gasteiger charge is 2.36. The molecule has 0 radical (unpaired) electrons. The Balaban J connectivity index is 2.49. The molecule has 0 unspecified atom stereocenters. The summed E-state index contributed by atoms with van der Waals surface area (Å²) in [5.41, 5.74) is 0.563. The van der Waals surface area contributed by atoms with Gasteiger partial charge in [-0.15, -0.1) is 0 Å². The molecule has 1 N–H and O–H groups in total. The lowest BCUT2D eigenvalue weighted by molar-refractivity contribution is 0.151. The molecule has 2 aromatic rings. The number of hydrogen-bond acceptors (Lipinski definition) is 4. The molecule has 0 saturated heterocycles. The monoisotopic (exact) mass is 294 g/mol. The van der Waals surface area contributed by atoms with Crippen LogP contribution in [0.5, 0.6) is 0 Å². The summed E-state index contributed by atoms with van der Waals surface area (Å²) in [6, 6.07) is 13.1. The second kappa shape index (κ2) is 6.51. The van der Waals surface area contributed by atoms with Gasteiger partial charge in [0, 0.05) is 5.56 Å². The predicted molar refractivity (Wildman–Crippen MR) is 79.8 cm³/mol. The molecule has 108 valence electrons. The Hall–Kier alpha value is -1.19. The van der Waals surface area contributed by atoms with Crippen molar-refractivity contribution in [1.82, 2.24) is 0 Å². The zero-order valence-electron chi connectivity index (χ0n) is 11.7. The molecule has 0 aromatic heterocycles. The van der Waals surface area contributed by atoms with Crippen LogP contribution in [-0.2, 0) is 13.6 Å². The first-order valence-electron chi connectivity index (χ1n) is 6.67. The van der Waals surface area contributed by atoms with Gasteiger partial charge < -0.3 is 14.2 Å². The van der Waals surface area contributed by atoms with Crippen LogP contribution in [0.2, 0.25) is 0 Å². The molecule has 0 spiro atoms. The van der Waals surface area contributed by atoms with Crippen LogP contribution in [0, 0.1) is 0 Å². The summed E-state index contributed by atoms with van der Waals surface area (Å²) in [7, 11) is -3.58. The maximum Gasteiger partial charge on any atom is 0.363 e. The second-order valence-electron chi connectivity index (χ2n) is 4.32. The topological polar surface area (TPSA) is 55.8 Å². The van der Waals surface area contributed by atoms with E-state index in [-0.39, 0.29) is 13.2 Å². The molecule has 0 aliphatic rings. The van der Waals surface area contributed by atoms with E-state index in [4.69, 9.17) is 9.05 Å². The van der Waals surface area contributed by atoms with Crippen molar-refractivity contribution in [3.63, 3.8) is 0 Å². The van der Waals surface area contributed by atoms with Gasteiger partial charge in [-0.1, -0.05) is 42.5 Å². The first-order chi connectivity index (χ1) is 9.62. The fourth-order valence-corrected chi connectivity index (χ4v) is 3.83. The lowest BCUT2D eigenvalue weighted by Gasteiger charge is -2.23. The molecule has 1 atom stereocenters. The van der Waals surface area contributed by atoms with Crippen LogP contribution in [0.3, 0.4) is 0 Å². The minimum absolute atomic E-state index is 0.221. The van der Waals surface area contributed by atoms with E-state index in [1.54, 1.807) is 19.9 Å². The van der Waals surface area contributed by atoms with E-state index in [1.165, 1.54) is 0 Å². The summed E-state index contributed by atoms with van der Waals surface area (Å²) >= 11 is 0. The molecule has 20 heavy (non-hydrogen) atoms. The summed E-state index contributed by atoms with van der Waals surface area (Å²) in [4.78, 5) is 0. The quantitative estimate of drug-likeness (QED) is 0.815. The van der Waals surface area contributed by atoms with E-state index in [0.29, 0.717) is 5.56 Å². The predicted octanol–water partition coefficient (Wildman–Crippen LogP) is 4.10. The Labute approximate surface area is 118 Å². The van der Waals surface area contributed by atoms with Crippen LogP contribution in [0.4, 0.5) is 0 Å². The van der Waals surface area contributed by atoms with Gasteiger partial charge in [0.15, 0.2) is 5.85 Å². The summed E-state index contributed by atoms with van der Waals surface area (Å²) in [6.45, 7) is 3.89. The third kappa shape index (κ3) is 2.94. The molecule has 0 aliphatic heterocycles. The van der Waals surface area contributed by atoms with Crippen LogP contribution < -0.4 is 0 Å². The summed E-state index contributed by atoms with van der Waals surface area (Å²) in [5.74, 6) is -1.28. The zero-order valence-corrected chi connectivity index (χ0v) is 12.5. The van der Waals surface area contributed by atoms with Gasteiger partial charge in [0.05, 0.1) is 13.2 Å². The standard InChI is InChI=1S/C15H19O4P/c1-3-18-20(17,19-4-2)15(16)14-11-7-9-12-8-5-6-10-13(12)14/h5-11,15-16H,3-4H2,1-2H3/t15-/m1/s1. The van der Waals surface area contributed by atoms with Crippen molar-refractivity contribution in [2.24, 2.45) is 0 Å². The summed E-state index contributed by atoms with van der Waals surface area (Å²) in [6.07, 6.45) is 0. The van der Waals surface area contributed by atoms with Crippen LogP contribution in [0.15, 0.2) is 42.5 Å². The number of rotatable bonds is 6. The molecule has 0 saturated carbocycles. The van der Waals surface area contributed by atoms with Crippen molar-refractivity contribution in [2.75, 3.05) is 13.2 Å². The van der Waals surface area contributed by atoms with E-state index in [2.05, 4.69) is 0 Å². The normalized spacial score (nSPS) is 13.6. The Morgan fingerprint density at radius 2 is 1.65 bits per heavy atom. The van der Waals surface area contributed by atoms with E-state index in [1.807, 2.05) is 36.4 Å². The van der Waals surface area contributed by atoms with Gasteiger partial charge in [-0.05, 0) is 24.6 Å². The van der Waals surface area contributed by atoms with Crippen molar-refractivity contribution in [3.05, 3.63) is 48.0 Å². The Morgan fingerprint density at radius 3 is 2.30 bits per heavy atom. The van der Waals surface area contributed by atoms with E-state index < -0.39 is 13.4 Å². The number of aliphatic hydroxyl groups is 1. The average Bonchev–Trinajstić information content (AvgIpc) is 2.46. The molecule has 4 nitrogen and oxygen atoms in total. The van der Waals surface area contributed by atoms with Gasteiger partial charge in [-0.25, -0.2) is 0 Å². The first-order valence-corrected chi connectivity index (χ1v) is 8.28. The van der Waals surface area contributed by atoms with Crippen LogP contribution in [0.1, 0.15) is 25.3 Å². The largest absolute Gasteiger partial charge is 0.376 e. The maximum absolute atomic E-state index is 12.7. The molecule has 2 rings (SSSR count). The molecule has 0 amide bonds. The van der Waals surface area contributed by atoms with Crippen molar-refractivity contribution in [3.8, 4) is 0 Å². The first kappa shape index (κ1) is 15.2. The van der Waals surface area contributed by atoms with Crippen molar-refractivity contribution >= 4 is 18.4 Å². The fraction of sp³-hybridized carbons (Fsp3) is 0.333. The van der Waals surface area contributed by atoms with Gasteiger partial charge >= 0.3 is 7.60 Å². The van der Waals surface area contributed by atoms with Crippen molar-refractivity contribution < 1.29 is 18.7 Å². The molecular weight excluding hydrogens is 275 g/mol. The molecule has 0 heterocycles. The van der Waals surface area contributed by atoms with Crippen LogP contribution in [-0.4, -0.2) is 18.3 Å². The number of fused-ring (bicyclic) bond motifs is 1. The fourth-order valence-electron chi connectivity index (χ4n) is 2.18. The van der Waals surface area contributed by atoms with Crippen LogP contribution >= 0.6 is 7.60 Å².